The topological polar surface area (TPSA) is 60.7 Å². The second-order valence-electron chi connectivity index (χ2n) is 8.27. The van der Waals surface area contributed by atoms with Gasteiger partial charge in [0.25, 0.3) is 0 Å². The lowest BCUT2D eigenvalue weighted by Gasteiger charge is -2.35. The number of nitriles is 1. The van der Waals surface area contributed by atoms with Gasteiger partial charge in [-0.25, -0.2) is 4.39 Å². The van der Waals surface area contributed by atoms with Gasteiger partial charge < -0.3 is 18.6 Å². The van der Waals surface area contributed by atoms with Crippen molar-refractivity contribution in [3.05, 3.63) is 23.5 Å². The second-order valence-corrected chi connectivity index (χ2v) is 8.27. The molecule has 132 valence electrons. The molecule has 0 amide bonds. The Morgan fingerprint density at radius 2 is 1.40 bits per heavy atom. The van der Waals surface area contributed by atoms with Crippen molar-refractivity contribution < 1.29 is 23.0 Å². The first-order chi connectivity index (χ1) is 11.7. The van der Waals surface area contributed by atoms with E-state index >= 15 is 0 Å². The van der Waals surface area contributed by atoms with Crippen molar-refractivity contribution in [2.45, 2.75) is 27.7 Å². The highest BCUT2D eigenvalue weighted by Crippen LogP contribution is 2.23. The van der Waals surface area contributed by atoms with Crippen molar-refractivity contribution in [1.82, 2.24) is 0 Å². The zero-order chi connectivity index (χ0) is 18.2. The molecule has 25 heavy (non-hydrogen) atoms. The fourth-order valence-electron chi connectivity index (χ4n) is 2.89. The molecule has 2 aliphatic rings. The van der Waals surface area contributed by atoms with Crippen molar-refractivity contribution >= 4 is 25.2 Å². The molecule has 0 spiro atoms. The highest BCUT2D eigenvalue weighted by atomic mass is 19.1. The quantitative estimate of drug-likeness (QED) is 0.755. The number of hydrogen-bond acceptors (Lipinski definition) is 5. The van der Waals surface area contributed by atoms with Gasteiger partial charge in [-0.2, -0.15) is 5.26 Å². The molecular weight excluding hydrogens is 323 g/mol. The Hall–Kier alpha value is -1.39. The molecule has 2 fully saturated rings. The molecule has 0 bridgehead atoms. The number of halogens is 1. The van der Waals surface area contributed by atoms with Gasteiger partial charge in [0.15, 0.2) is 0 Å². The standard InChI is InChI=1S/C17H22B2FNO4/c1-16(2)8-22-18(23-9-16)13-5-6-14(20)15(12(13)7-21)19-24-10-17(3,4)11-25-19/h5-6H,8-11H2,1-4H3. The van der Waals surface area contributed by atoms with Crippen molar-refractivity contribution in [2.24, 2.45) is 10.8 Å². The maximum Gasteiger partial charge on any atom is 0.498 e. The maximum atomic E-state index is 14.5. The van der Waals surface area contributed by atoms with E-state index in [0.29, 0.717) is 31.9 Å². The molecular formula is C17H22B2FNO4. The molecule has 0 N–H and O–H groups in total. The van der Waals surface area contributed by atoms with E-state index in [1.54, 1.807) is 0 Å². The van der Waals surface area contributed by atoms with Crippen molar-refractivity contribution in [1.29, 1.82) is 5.26 Å². The first-order valence-electron chi connectivity index (χ1n) is 8.41. The molecule has 0 aromatic heterocycles. The fourth-order valence-corrected chi connectivity index (χ4v) is 2.89. The molecule has 2 aliphatic heterocycles. The van der Waals surface area contributed by atoms with Crippen LogP contribution < -0.4 is 10.9 Å². The Bertz CT molecular complexity index is 685. The number of benzene rings is 1. The van der Waals surface area contributed by atoms with Gasteiger partial charge in [-0.1, -0.05) is 33.8 Å². The highest BCUT2D eigenvalue weighted by Gasteiger charge is 2.40. The van der Waals surface area contributed by atoms with E-state index in [-0.39, 0.29) is 21.9 Å². The average molecular weight is 345 g/mol. The number of hydrogen-bond donors (Lipinski definition) is 0. The van der Waals surface area contributed by atoms with E-state index in [4.69, 9.17) is 18.6 Å². The van der Waals surface area contributed by atoms with E-state index < -0.39 is 20.1 Å². The lowest BCUT2D eigenvalue weighted by atomic mass is 9.66. The maximum absolute atomic E-state index is 14.5. The SMILES string of the molecule is CC1(C)COB(c2ccc(F)c(B3OCC(C)(C)CO3)c2C#N)OC1. The van der Waals surface area contributed by atoms with Crippen LogP contribution in [-0.2, 0) is 18.6 Å². The zero-order valence-corrected chi connectivity index (χ0v) is 15.1. The van der Waals surface area contributed by atoms with Crippen LogP contribution in [0.3, 0.4) is 0 Å². The second kappa shape index (κ2) is 6.73. The van der Waals surface area contributed by atoms with Crippen LogP contribution in [0, 0.1) is 28.0 Å². The minimum Gasteiger partial charge on any atom is -0.407 e. The van der Waals surface area contributed by atoms with E-state index in [0.717, 1.165) is 0 Å². The van der Waals surface area contributed by atoms with Crippen LogP contribution in [0.2, 0.25) is 0 Å². The summed E-state index contributed by atoms with van der Waals surface area (Å²) in [5.41, 5.74) is 0.555. The molecule has 0 radical (unpaired) electrons. The molecule has 8 heteroatoms. The van der Waals surface area contributed by atoms with Gasteiger partial charge in [0, 0.05) is 48.2 Å². The van der Waals surface area contributed by atoms with Gasteiger partial charge in [-0.05, 0) is 6.07 Å². The van der Waals surface area contributed by atoms with Crippen LogP contribution in [0.5, 0.6) is 0 Å². The summed E-state index contributed by atoms with van der Waals surface area (Å²) in [7, 11) is -1.59. The van der Waals surface area contributed by atoms with Crippen LogP contribution in [-0.4, -0.2) is 40.7 Å². The van der Waals surface area contributed by atoms with Crippen LogP contribution >= 0.6 is 0 Å². The third-order valence-corrected chi connectivity index (χ3v) is 4.33. The first-order valence-corrected chi connectivity index (χ1v) is 8.41. The van der Waals surface area contributed by atoms with Crippen molar-refractivity contribution in [2.75, 3.05) is 26.4 Å². The lowest BCUT2D eigenvalue weighted by molar-refractivity contribution is 0.0336. The summed E-state index contributed by atoms with van der Waals surface area (Å²) in [6.07, 6.45) is 0. The Morgan fingerprint density at radius 3 is 1.88 bits per heavy atom. The molecule has 2 heterocycles. The third kappa shape index (κ3) is 3.90. The van der Waals surface area contributed by atoms with Gasteiger partial charge in [-0.3, -0.25) is 0 Å². The number of nitrogens with zero attached hydrogens (tertiary/aromatic N) is 1. The predicted molar refractivity (Wildman–Crippen MR) is 93.3 cm³/mol. The van der Waals surface area contributed by atoms with E-state index in [9.17, 15) is 9.65 Å². The van der Waals surface area contributed by atoms with Gasteiger partial charge in [0.1, 0.15) is 5.82 Å². The van der Waals surface area contributed by atoms with Crippen LogP contribution in [0.15, 0.2) is 12.1 Å². The summed E-state index contributed by atoms with van der Waals surface area (Å²) >= 11 is 0. The van der Waals surface area contributed by atoms with Gasteiger partial charge in [0.2, 0.25) is 0 Å². The zero-order valence-electron chi connectivity index (χ0n) is 15.1. The van der Waals surface area contributed by atoms with Gasteiger partial charge in [0.05, 0.1) is 11.6 Å². The highest BCUT2D eigenvalue weighted by molar-refractivity contribution is 6.66. The van der Waals surface area contributed by atoms with Crippen molar-refractivity contribution in [3.8, 4) is 6.07 Å². The molecule has 0 unspecified atom stereocenters. The van der Waals surface area contributed by atoms with E-state index in [1.165, 1.54) is 12.1 Å². The molecule has 3 rings (SSSR count). The van der Waals surface area contributed by atoms with Crippen LogP contribution in [0.1, 0.15) is 33.3 Å². The molecule has 5 nitrogen and oxygen atoms in total. The Balaban J connectivity index is 1.91. The largest absolute Gasteiger partial charge is 0.498 e. The van der Waals surface area contributed by atoms with Crippen LogP contribution in [0.4, 0.5) is 4.39 Å². The Kier molecular flexibility index (Phi) is 4.95. The minimum absolute atomic E-state index is 0.0899. The molecule has 2 saturated heterocycles. The number of rotatable bonds is 2. The van der Waals surface area contributed by atoms with E-state index in [1.807, 2.05) is 27.7 Å². The third-order valence-electron chi connectivity index (χ3n) is 4.33. The summed E-state index contributed by atoms with van der Waals surface area (Å²) in [5, 5.41) is 9.65. The Labute approximate surface area is 148 Å². The summed E-state index contributed by atoms with van der Waals surface area (Å²) in [6.45, 7) is 9.94. The summed E-state index contributed by atoms with van der Waals surface area (Å²) in [5.74, 6) is -0.527. The predicted octanol–water partition coefficient (Wildman–Crippen LogP) is 1.23. The molecule has 0 aliphatic carbocycles. The molecule has 1 aromatic rings. The molecule has 1 aromatic carbocycles. The average Bonchev–Trinajstić information content (AvgIpc) is 2.55. The Morgan fingerprint density at radius 1 is 0.920 bits per heavy atom. The monoisotopic (exact) mass is 345 g/mol. The lowest BCUT2D eigenvalue weighted by Crippen LogP contribution is -2.54. The van der Waals surface area contributed by atoms with Gasteiger partial charge >= 0.3 is 14.2 Å². The van der Waals surface area contributed by atoms with Crippen LogP contribution in [0.25, 0.3) is 0 Å². The summed E-state index contributed by atoms with van der Waals surface area (Å²) < 4.78 is 37.4. The fraction of sp³-hybridized carbons (Fsp3) is 0.588. The van der Waals surface area contributed by atoms with Gasteiger partial charge in [-0.15, -0.1) is 0 Å². The normalized spacial score (nSPS) is 22.6. The molecule has 0 atom stereocenters. The summed E-state index contributed by atoms with van der Waals surface area (Å²) in [4.78, 5) is 0. The first kappa shape index (κ1) is 18.4. The van der Waals surface area contributed by atoms with E-state index in [2.05, 4.69) is 6.07 Å². The summed E-state index contributed by atoms with van der Waals surface area (Å²) in [6, 6.07) is 4.93. The molecule has 0 saturated carbocycles. The minimum atomic E-state index is -0.900. The van der Waals surface area contributed by atoms with Crippen molar-refractivity contribution in [3.63, 3.8) is 0 Å². The smallest absolute Gasteiger partial charge is 0.407 e.